The van der Waals surface area contributed by atoms with Crippen LogP contribution in [0.1, 0.15) is 0 Å². The molecule has 0 radical (unpaired) electrons. The third-order valence-electron chi connectivity index (χ3n) is 3.79. The van der Waals surface area contributed by atoms with Gasteiger partial charge in [0.2, 0.25) is 15.4 Å². The molecule has 0 fully saturated rings. The van der Waals surface area contributed by atoms with Crippen molar-refractivity contribution in [1.29, 1.82) is 0 Å². The third-order valence-corrected chi connectivity index (χ3v) is 5.56. The van der Waals surface area contributed by atoms with Crippen LogP contribution in [0.2, 0.25) is 0 Å². The number of ether oxygens (including phenoxy) is 1. The lowest BCUT2D eigenvalue weighted by molar-refractivity contribution is -0.140. The van der Waals surface area contributed by atoms with Gasteiger partial charge in [-0.05, 0) is 30.3 Å². The summed E-state index contributed by atoms with van der Waals surface area (Å²) in [5, 5.41) is 21.1. The molecule has 0 bridgehead atoms. The molecule has 2 aromatic carbocycles. The zero-order chi connectivity index (χ0) is 17.4. The number of fused-ring (bicyclic) bond motifs is 1. The number of hydrogen-bond donors (Lipinski definition) is 3. The molecule has 0 aliphatic carbocycles. The van der Waals surface area contributed by atoms with E-state index in [4.69, 9.17) is 4.74 Å². The molecular weight excluding hydrogens is 334 g/mol. The highest BCUT2D eigenvalue weighted by atomic mass is 32.2. The van der Waals surface area contributed by atoms with Gasteiger partial charge in [0.1, 0.15) is 5.75 Å². The number of aliphatic hydroxyl groups is 2. The first-order valence-electron chi connectivity index (χ1n) is 7.09. The fraction of sp³-hybridized carbons (Fsp3) is 0.188. The van der Waals surface area contributed by atoms with Gasteiger partial charge in [0.05, 0.1) is 28.7 Å². The number of benzene rings is 2. The predicted octanol–water partition coefficient (Wildman–Crippen LogP) is 0.574. The fourth-order valence-corrected chi connectivity index (χ4v) is 3.66. The van der Waals surface area contributed by atoms with Crippen molar-refractivity contribution in [2.24, 2.45) is 0 Å². The van der Waals surface area contributed by atoms with E-state index in [0.29, 0.717) is 0 Å². The Hall–Kier alpha value is -2.42. The number of rotatable bonds is 4. The van der Waals surface area contributed by atoms with E-state index in [1.807, 2.05) is 0 Å². The molecule has 3 N–H and O–H groups in total. The van der Waals surface area contributed by atoms with E-state index in [0.717, 1.165) is 0 Å². The molecule has 1 amide bonds. The van der Waals surface area contributed by atoms with Crippen LogP contribution in [-0.4, -0.2) is 43.4 Å². The van der Waals surface area contributed by atoms with Crippen LogP contribution in [0.5, 0.6) is 5.75 Å². The second kappa shape index (κ2) is 5.90. The third kappa shape index (κ3) is 2.54. The zero-order valence-corrected chi connectivity index (χ0v) is 13.3. The van der Waals surface area contributed by atoms with Crippen LogP contribution < -0.4 is 10.1 Å². The standard InChI is InChI=1S/C16H15NO6S/c18-9-16(10-19)15(20)17-13-8-12(6-7-14(13)23-16)24(21,22)11-4-2-1-3-5-11/h1-8,18-19H,9-10H2,(H,17,20). The highest BCUT2D eigenvalue weighted by Gasteiger charge is 2.44. The van der Waals surface area contributed by atoms with Gasteiger partial charge in [0.15, 0.2) is 0 Å². The fourth-order valence-electron chi connectivity index (χ4n) is 2.35. The molecule has 0 aromatic heterocycles. The first-order valence-corrected chi connectivity index (χ1v) is 8.58. The van der Waals surface area contributed by atoms with E-state index in [9.17, 15) is 23.4 Å². The maximum atomic E-state index is 12.6. The van der Waals surface area contributed by atoms with Crippen LogP contribution in [0.25, 0.3) is 0 Å². The maximum Gasteiger partial charge on any atom is 0.273 e. The molecule has 24 heavy (non-hydrogen) atoms. The molecule has 1 heterocycles. The molecule has 7 nitrogen and oxygen atoms in total. The molecule has 126 valence electrons. The lowest BCUT2D eigenvalue weighted by Crippen LogP contribution is -2.56. The van der Waals surface area contributed by atoms with Crippen molar-refractivity contribution in [3.05, 3.63) is 48.5 Å². The highest BCUT2D eigenvalue weighted by molar-refractivity contribution is 7.91. The SMILES string of the molecule is O=C1Nc2cc(S(=O)(=O)c3ccccc3)ccc2OC1(CO)CO. The normalized spacial score (nSPS) is 16.0. The van der Waals surface area contributed by atoms with Crippen molar-refractivity contribution in [2.45, 2.75) is 15.4 Å². The quantitative estimate of drug-likeness (QED) is 0.744. The summed E-state index contributed by atoms with van der Waals surface area (Å²) in [6.45, 7) is -1.42. The Morgan fingerprint density at radius 3 is 2.29 bits per heavy atom. The first-order chi connectivity index (χ1) is 11.4. The number of carbonyl (C=O) groups excluding carboxylic acids is 1. The van der Waals surface area contributed by atoms with Crippen LogP contribution in [-0.2, 0) is 14.6 Å². The van der Waals surface area contributed by atoms with Gasteiger partial charge in [0.25, 0.3) is 5.91 Å². The van der Waals surface area contributed by atoms with Crippen LogP contribution in [0.4, 0.5) is 5.69 Å². The van der Waals surface area contributed by atoms with E-state index < -0.39 is 34.6 Å². The Labute approximate surface area is 138 Å². The Morgan fingerprint density at radius 1 is 1.00 bits per heavy atom. The van der Waals surface area contributed by atoms with E-state index >= 15 is 0 Å². The second-order valence-electron chi connectivity index (χ2n) is 5.34. The topological polar surface area (TPSA) is 113 Å². The van der Waals surface area contributed by atoms with Gasteiger partial charge in [-0.15, -0.1) is 0 Å². The smallest absolute Gasteiger partial charge is 0.273 e. The van der Waals surface area contributed by atoms with Crippen molar-refractivity contribution in [1.82, 2.24) is 0 Å². The van der Waals surface area contributed by atoms with E-state index in [2.05, 4.69) is 5.32 Å². The number of amides is 1. The van der Waals surface area contributed by atoms with Crippen molar-refractivity contribution >= 4 is 21.4 Å². The van der Waals surface area contributed by atoms with Gasteiger partial charge in [0, 0.05) is 0 Å². The van der Waals surface area contributed by atoms with Gasteiger partial charge in [-0.2, -0.15) is 0 Å². The van der Waals surface area contributed by atoms with Gasteiger partial charge in [-0.3, -0.25) is 4.79 Å². The Morgan fingerprint density at radius 2 is 1.67 bits per heavy atom. The van der Waals surface area contributed by atoms with Gasteiger partial charge < -0.3 is 20.3 Å². The Kier molecular flexibility index (Phi) is 4.04. The van der Waals surface area contributed by atoms with Gasteiger partial charge in [-0.25, -0.2) is 8.42 Å². The summed E-state index contributed by atoms with van der Waals surface area (Å²) >= 11 is 0. The average molecular weight is 349 g/mol. The maximum absolute atomic E-state index is 12.6. The number of nitrogens with one attached hydrogen (secondary N) is 1. The number of anilines is 1. The van der Waals surface area contributed by atoms with Crippen LogP contribution in [0, 0.1) is 0 Å². The van der Waals surface area contributed by atoms with E-state index in [1.165, 1.54) is 30.3 Å². The van der Waals surface area contributed by atoms with E-state index in [-0.39, 0.29) is 21.2 Å². The Bertz CT molecular complexity index is 875. The van der Waals surface area contributed by atoms with Gasteiger partial charge in [-0.1, -0.05) is 18.2 Å². The molecule has 1 aliphatic rings. The highest BCUT2D eigenvalue weighted by Crippen LogP contribution is 2.36. The van der Waals surface area contributed by atoms with Gasteiger partial charge >= 0.3 is 0 Å². The molecule has 1 aliphatic heterocycles. The minimum Gasteiger partial charge on any atom is -0.470 e. The summed E-state index contributed by atoms with van der Waals surface area (Å²) in [7, 11) is -3.74. The van der Waals surface area contributed by atoms with Crippen LogP contribution in [0.15, 0.2) is 58.3 Å². The summed E-state index contributed by atoms with van der Waals surface area (Å²) in [5.41, 5.74) is -1.62. The summed E-state index contributed by atoms with van der Waals surface area (Å²) in [6, 6.07) is 11.9. The molecule has 0 saturated heterocycles. The van der Waals surface area contributed by atoms with Crippen molar-refractivity contribution in [3.8, 4) is 5.75 Å². The predicted molar refractivity (Wildman–Crippen MR) is 84.5 cm³/mol. The summed E-state index contributed by atoms with van der Waals surface area (Å²) in [6.07, 6.45) is 0. The molecule has 0 spiro atoms. The minimum absolute atomic E-state index is 0.00292. The van der Waals surface area contributed by atoms with Crippen molar-refractivity contribution in [3.63, 3.8) is 0 Å². The average Bonchev–Trinajstić information content (AvgIpc) is 2.61. The second-order valence-corrected chi connectivity index (χ2v) is 7.29. The first kappa shape index (κ1) is 16.4. The summed E-state index contributed by atoms with van der Waals surface area (Å²) in [5.74, 6) is -0.570. The number of sulfone groups is 1. The molecule has 0 atom stereocenters. The van der Waals surface area contributed by atoms with E-state index in [1.54, 1.807) is 18.2 Å². The lowest BCUT2D eigenvalue weighted by Gasteiger charge is -2.34. The van der Waals surface area contributed by atoms with Crippen molar-refractivity contribution < 1.29 is 28.2 Å². The molecule has 3 rings (SSSR count). The van der Waals surface area contributed by atoms with Crippen LogP contribution >= 0.6 is 0 Å². The number of hydrogen-bond acceptors (Lipinski definition) is 6. The molecule has 2 aromatic rings. The molecule has 8 heteroatoms. The zero-order valence-electron chi connectivity index (χ0n) is 12.5. The minimum atomic E-state index is -3.74. The van der Waals surface area contributed by atoms with Crippen LogP contribution in [0.3, 0.4) is 0 Å². The largest absolute Gasteiger partial charge is 0.470 e. The molecule has 0 unspecified atom stereocenters. The lowest BCUT2D eigenvalue weighted by atomic mass is 10.0. The summed E-state index contributed by atoms with van der Waals surface area (Å²) in [4.78, 5) is 12.2. The summed E-state index contributed by atoms with van der Waals surface area (Å²) < 4.78 is 30.6. The van der Waals surface area contributed by atoms with Crippen molar-refractivity contribution in [2.75, 3.05) is 18.5 Å². The Balaban J connectivity index is 2.03. The monoisotopic (exact) mass is 349 g/mol. The number of aliphatic hydroxyl groups excluding tert-OH is 2. The number of carbonyl (C=O) groups is 1. The molecule has 0 saturated carbocycles. The molecular formula is C16H15NO6S.